The van der Waals surface area contributed by atoms with Crippen molar-refractivity contribution in [1.29, 1.82) is 0 Å². The third-order valence-corrected chi connectivity index (χ3v) is 2.14. The van der Waals surface area contributed by atoms with Gasteiger partial charge in [0.25, 0.3) is 0 Å². The molecule has 1 N–H and O–H groups in total. The van der Waals surface area contributed by atoms with E-state index in [0.29, 0.717) is 18.6 Å². The monoisotopic (exact) mass is 257 g/mol. The predicted molar refractivity (Wildman–Crippen MR) is 77.5 cm³/mol. The van der Waals surface area contributed by atoms with Gasteiger partial charge in [0.2, 0.25) is 5.91 Å². The Labute approximate surface area is 113 Å². The molecule has 0 rings (SSSR count). The lowest BCUT2D eigenvalue weighted by Crippen LogP contribution is -2.34. The topological polar surface area (TPSA) is 46.2 Å². The molecule has 0 heterocycles. The van der Waals surface area contributed by atoms with Crippen molar-refractivity contribution in [3.8, 4) is 0 Å². The average molecular weight is 257 g/mol. The Balaban J connectivity index is 0. The normalized spacial score (nSPS) is 11.3. The second-order valence-electron chi connectivity index (χ2n) is 6.74. The third-order valence-electron chi connectivity index (χ3n) is 2.14. The van der Waals surface area contributed by atoms with E-state index in [2.05, 4.69) is 26.1 Å². The van der Waals surface area contributed by atoms with E-state index in [-0.39, 0.29) is 16.7 Å². The van der Waals surface area contributed by atoms with Gasteiger partial charge in [-0.2, -0.15) is 0 Å². The molecule has 0 aliphatic carbocycles. The number of hydrogen-bond donors (Lipinski definition) is 1. The van der Waals surface area contributed by atoms with Gasteiger partial charge in [-0.1, -0.05) is 48.5 Å². The van der Waals surface area contributed by atoms with Crippen LogP contribution in [0.25, 0.3) is 0 Å². The predicted octanol–water partition coefficient (Wildman–Crippen LogP) is 3.57. The fourth-order valence-corrected chi connectivity index (χ4v) is 1.14. The Morgan fingerprint density at radius 2 is 1.39 bits per heavy atom. The molecule has 18 heavy (non-hydrogen) atoms. The summed E-state index contributed by atoms with van der Waals surface area (Å²) in [5.41, 5.74) is -0.0664. The van der Waals surface area contributed by atoms with Gasteiger partial charge in [-0.05, 0) is 12.3 Å². The largest absolute Gasteiger partial charge is 0.356 e. The van der Waals surface area contributed by atoms with Gasteiger partial charge >= 0.3 is 0 Å². The first-order valence-corrected chi connectivity index (χ1v) is 6.74. The zero-order chi connectivity index (χ0) is 15.0. The molecule has 3 heteroatoms. The number of amides is 1. The van der Waals surface area contributed by atoms with E-state index in [1.165, 1.54) is 0 Å². The molecule has 0 aromatic carbocycles. The van der Waals surface area contributed by atoms with Gasteiger partial charge in [0.1, 0.15) is 5.78 Å². The van der Waals surface area contributed by atoms with Crippen LogP contribution in [-0.2, 0) is 9.59 Å². The molecule has 0 bridgehead atoms. The molecule has 0 aromatic rings. The number of ketones is 1. The van der Waals surface area contributed by atoms with Crippen LogP contribution in [0.3, 0.4) is 0 Å². The van der Waals surface area contributed by atoms with Gasteiger partial charge in [-0.3, -0.25) is 9.59 Å². The summed E-state index contributed by atoms with van der Waals surface area (Å²) in [7, 11) is 0. The minimum Gasteiger partial charge on any atom is -0.356 e. The molecule has 0 radical (unpaired) electrons. The average Bonchev–Trinajstić information content (AvgIpc) is 2.15. The van der Waals surface area contributed by atoms with Gasteiger partial charge in [-0.15, -0.1) is 0 Å². The van der Waals surface area contributed by atoms with Crippen LogP contribution in [0.2, 0.25) is 0 Å². The van der Waals surface area contributed by atoms with Crippen LogP contribution in [0.1, 0.15) is 68.2 Å². The minimum absolute atomic E-state index is 0.116. The highest BCUT2D eigenvalue weighted by Gasteiger charge is 2.19. The summed E-state index contributed by atoms with van der Waals surface area (Å²) >= 11 is 0. The number of carbonyl (C=O) groups excluding carboxylic acids is 2. The smallest absolute Gasteiger partial charge is 0.225 e. The lowest BCUT2D eigenvalue weighted by Gasteiger charge is -2.16. The van der Waals surface area contributed by atoms with Crippen molar-refractivity contribution in [2.45, 2.75) is 68.2 Å². The number of hydrogen-bond acceptors (Lipinski definition) is 2. The molecular weight excluding hydrogens is 226 g/mol. The highest BCUT2D eigenvalue weighted by molar-refractivity contribution is 5.81. The van der Waals surface area contributed by atoms with Crippen molar-refractivity contribution in [2.75, 3.05) is 6.54 Å². The van der Waals surface area contributed by atoms with Crippen molar-refractivity contribution in [1.82, 2.24) is 5.32 Å². The number of carbonyl (C=O) groups is 2. The Hall–Kier alpha value is -0.860. The van der Waals surface area contributed by atoms with Gasteiger partial charge in [-0.25, -0.2) is 0 Å². The van der Waals surface area contributed by atoms with Crippen molar-refractivity contribution >= 4 is 11.7 Å². The highest BCUT2D eigenvalue weighted by Crippen LogP contribution is 2.19. The molecule has 0 saturated carbocycles. The van der Waals surface area contributed by atoms with Crippen LogP contribution in [0.4, 0.5) is 0 Å². The standard InChI is InChI=1S/C8H16O.C7H15NO/c1-5-7(9)6-8(2,3)4;1-5-8-6(9)7(2,3)4/h5-6H2,1-4H3;5H2,1-4H3,(H,8,9). The summed E-state index contributed by atoms with van der Waals surface area (Å²) in [5.74, 6) is 0.479. The summed E-state index contributed by atoms with van der Waals surface area (Å²) in [5, 5.41) is 2.75. The summed E-state index contributed by atoms with van der Waals surface area (Å²) in [6, 6.07) is 0. The Morgan fingerprint density at radius 1 is 0.944 bits per heavy atom. The van der Waals surface area contributed by atoms with Gasteiger partial charge in [0, 0.05) is 24.8 Å². The van der Waals surface area contributed by atoms with Crippen LogP contribution in [0, 0.1) is 10.8 Å². The Kier molecular flexibility index (Phi) is 8.96. The van der Waals surface area contributed by atoms with E-state index in [4.69, 9.17) is 0 Å². The van der Waals surface area contributed by atoms with Gasteiger partial charge < -0.3 is 5.32 Å². The maximum Gasteiger partial charge on any atom is 0.225 e. The maximum atomic E-state index is 11.0. The third kappa shape index (κ3) is 13.2. The number of Topliss-reactive ketones (excluding diaryl/α,β-unsaturated/α-hetero) is 1. The van der Waals surface area contributed by atoms with Gasteiger partial charge in [0.15, 0.2) is 0 Å². The Morgan fingerprint density at radius 3 is 1.50 bits per heavy atom. The van der Waals surface area contributed by atoms with Crippen molar-refractivity contribution in [2.24, 2.45) is 10.8 Å². The molecule has 1 amide bonds. The first-order chi connectivity index (χ1) is 7.94. The zero-order valence-corrected chi connectivity index (χ0v) is 13.4. The maximum absolute atomic E-state index is 11.0. The van der Waals surface area contributed by atoms with Crippen molar-refractivity contribution < 1.29 is 9.59 Å². The summed E-state index contributed by atoms with van der Waals surface area (Å²) < 4.78 is 0. The number of rotatable bonds is 3. The van der Waals surface area contributed by atoms with E-state index in [0.717, 1.165) is 6.54 Å². The van der Waals surface area contributed by atoms with Gasteiger partial charge in [0.05, 0.1) is 0 Å². The van der Waals surface area contributed by atoms with Crippen LogP contribution in [0.5, 0.6) is 0 Å². The van der Waals surface area contributed by atoms with Crippen LogP contribution < -0.4 is 5.32 Å². The minimum atomic E-state index is -0.240. The van der Waals surface area contributed by atoms with E-state index in [1.807, 2.05) is 34.6 Å². The molecular formula is C15H31NO2. The van der Waals surface area contributed by atoms with E-state index in [1.54, 1.807) is 0 Å². The molecule has 0 aliphatic rings. The van der Waals surface area contributed by atoms with Crippen molar-refractivity contribution in [3.05, 3.63) is 0 Å². The summed E-state index contributed by atoms with van der Waals surface area (Å²) in [6.07, 6.45) is 1.39. The quantitative estimate of drug-likeness (QED) is 0.840. The molecule has 0 spiro atoms. The van der Waals surface area contributed by atoms with Crippen LogP contribution >= 0.6 is 0 Å². The number of nitrogens with one attached hydrogen (secondary N) is 1. The van der Waals surface area contributed by atoms with E-state index in [9.17, 15) is 9.59 Å². The first kappa shape index (κ1) is 19.5. The lowest BCUT2D eigenvalue weighted by atomic mass is 9.89. The molecule has 0 fully saturated rings. The molecule has 0 atom stereocenters. The molecule has 3 nitrogen and oxygen atoms in total. The molecule has 0 aromatic heterocycles. The zero-order valence-electron chi connectivity index (χ0n) is 13.4. The lowest BCUT2D eigenvalue weighted by molar-refractivity contribution is -0.128. The van der Waals surface area contributed by atoms with E-state index >= 15 is 0 Å². The van der Waals surface area contributed by atoms with Crippen molar-refractivity contribution in [3.63, 3.8) is 0 Å². The fraction of sp³-hybridized carbons (Fsp3) is 0.867. The van der Waals surface area contributed by atoms with Crippen LogP contribution in [-0.4, -0.2) is 18.2 Å². The highest BCUT2D eigenvalue weighted by atomic mass is 16.2. The summed E-state index contributed by atoms with van der Waals surface area (Å²) in [6.45, 7) is 16.5. The second kappa shape index (κ2) is 8.28. The first-order valence-electron chi connectivity index (χ1n) is 6.74. The molecule has 0 unspecified atom stereocenters. The fourth-order valence-electron chi connectivity index (χ4n) is 1.14. The summed E-state index contributed by atoms with van der Waals surface area (Å²) in [4.78, 5) is 21.8. The Bertz CT molecular complexity index is 257. The van der Waals surface area contributed by atoms with E-state index < -0.39 is 0 Å². The molecule has 108 valence electrons. The molecule has 0 aliphatic heterocycles. The second-order valence-corrected chi connectivity index (χ2v) is 6.74. The molecule has 0 saturated heterocycles. The van der Waals surface area contributed by atoms with Crippen LogP contribution in [0.15, 0.2) is 0 Å². The SMILES string of the molecule is CCC(=O)CC(C)(C)C.CCNC(=O)C(C)(C)C.